The fourth-order valence-electron chi connectivity index (χ4n) is 2.74. The number of fused-ring (bicyclic) bond motifs is 1. The van der Waals surface area contributed by atoms with Crippen molar-refractivity contribution in [1.29, 1.82) is 0 Å². The highest BCUT2D eigenvalue weighted by molar-refractivity contribution is 7.89. The van der Waals surface area contributed by atoms with Gasteiger partial charge in [0.15, 0.2) is 0 Å². The standard InChI is InChI=1S/C18H17F3N4O3S/c1-24(2)29(27,28)13-7-5-6-12(10-13)22-16(26)11-25-15-9-4-3-8-14(15)23-17(25)18(19,20)21/h3-10H,11H2,1-2H3,(H,22,26). The highest BCUT2D eigenvalue weighted by Gasteiger charge is 2.38. The fraction of sp³-hybridized carbons (Fsp3) is 0.222. The molecule has 0 fully saturated rings. The second-order valence-corrected chi connectivity index (χ2v) is 8.52. The van der Waals surface area contributed by atoms with Crippen molar-refractivity contribution in [3.05, 3.63) is 54.4 Å². The molecule has 0 aliphatic rings. The van der Waals surface area contributed by atoms with Crippen LogP contribution in [0.3, 0.4) is 0 Å². The van der Waals surface area contributed by atoms with Crippen molar-refractivity contribution in [1.82, 2.24) is 13.9 Å². The molecule has 0 aliphatic carbocycles. The summed E-state index contributed by atoms with van der Waals surface area (Å²) < 4.78 is 66.2. The Hall–Kier alpha value is -2.92. The Kier molecular flexibility index (Phi) is 5.37. The molecule has 154 valence electrons. The minimum Gasteiger partial charge on any atom is -0.324 e. The third kappa shape index (κ3) is 4.25. The molecule has 7 nitrogen and oxygen atoms in total. The van der Waals surface area contributed by atoms with Gasteiger partial charge in [-0.25, -0.2) is 17.7 Å². The highest BCUT2D eigenvalue weighted by atomic mass is 32.2. The maximum absolute atomic E-state index is 13.3. The molecule has 0 bridgehead atoms. The van der Waals surface area contributed by atoms with Crippen molar-refractivity contribution < 1.29 is 26.4 Å². The number of halogens is 3. The van der Waals surface area contributed by atoms with Gasteiger partial charge in [0.2, 0.25) is 21.8 Å². The van der Waals surface area contributed by atoms with Gasteiger partial charge in [0, 0.05) is 19.8 Å². The summed E-state index contributed by atoms with van der Waals surface area (Å²) in [7, 11) is -0.993. The molecule has 0 unspecified atom stereocenters. The van der Waals surface area contributed by atoms with Crippen LogP contribution in [0.4, 0.5) is 18.9 Å². The van der Waals surface area contributed by atoms with Crippen LogP contribution < -0.4 is 5.32 Å². The van der Waals surface area contributed by atoms with Gasteiger partial charge in [0.25, 0.3) is 0 Å². The number of alkyl halides is 3. The van der Waals surface area contributed by atoms with Gasteiger partial charge in [0.05, 0.1) is 15.9 Å². The summed E-state index contributed by atoms with van der Waals surface area (Å²) in [6.45, 7) is -0.639. The maximum Gasteiger partial charge on any atom is 0.449 e. The van der Waals surface area contributed by atoms with Crippen molar-refractivity contribution in [2.24, 2.45) is 0 Å². The van der Waals surface area contributed by atoms with Gasteiger partial charge in [-0.05, 0) is 30.3 Å². The monoisotopic (exact) mass is 426 g/mol. The van der Waals surface area contributed by atoms with E-state index in [2.05, 4.69) is 10.3 Å². The topological polar surface area (TPSA) is 84.3 Å². The Morgan fingerprint density at radius 1 is 1.14 bits per heavy atom. The Morgan fingerprint density at radius 3 is 2.48 bits per heavy atom. The largest absolute Gasteiger partial charge is 0.449 e. The molecule has 0 radical (unpaired) electrons. The molecule has 0 aliphatic heterocycles. The molecule has 1 aromatic heterocycles. The molecule has 0 saturated heterocycles. The summed E-state index contributed by atoms with van der Waals surface area (Å²) in [5.74, 6) is -1.93. The highest BCUT2D eigenvalue weighted by Crippen LogP contribution is 2.31. The molecule has 2 aromatic carbocycles. The number of benzene rings is 2. The van der Waals surface area contributed by atoms with Crippen LogP contribution in [-0.4, -0.2) is 42.3 Å². The fourth-order valence-corrected chi connectivity index (χ4v) is 3.69. The summed E-state index contributed by atoms with van der Waals surface area (Å²) in [6.07, 6.45) is -4.74. The lowest BCUT2D eigenvalue weighted by Gasteiger charge is -2.14. The normalized spacial score (nSPS) is 12.5. The third-order valence-corrected chi connectivity index (χ3v) is 5.92. The molecule has 0 spiro atoms. The van der Waals surface area contributed by atoms with E-state index in [0.29, 0.717) is 0 Å². The van der Waals surface area contributed by atoms with Gasteiger partial charge >= 0.3 is 6.18 Å². The molecule has 29 heavy (non-hydrogen) atoms. The number of carbonyl (C=O) groups is 1. The van der Waals surface area contributed by atoms with Crippen molar-refractivity contribution in [3.8, 4) is 0 Å². The summed E-state index contributed by atoms with van der Waals surface area (Å²) in [5.41, 5.74) is 0.432. The van der Waals surface area contributed by atoms with Crippen LogP contribution >= 0.6 is 0 Å². The molecule has 0 atom stereocenters. The molecular weight excluding hydrogens is 409 g/mol. The predicted octanol–water partition coefficient (Wildman–Crippen LogP) is 2.94. The van der Waals surface area contributed by atoms with Crippen LogP contribution in [0.2, 0.25) is 0 Å². The van der Waals surface area contributed by atoms with E-state index in [-0.39, 0.29) is 21.6 Å². The smallest absolute Gasteiger partial charge is 0.324 e. The Labute approximate surface area is 164 Å². The lowest BCUT2D eigenvalue weighted by Crippen LogP contribution is -2.24. The van der Waals surface area contributed by atoms with Crippen molar-refractivity contribution in [3.63, 3.8) is 0 Å². The zero-order valence-corrected chi connectivity index (χ0v) is 16.3. The molecule has 1 heterocycles. The number of sulfonamides is 1. The van der Waals surface area contributed by atoms with Crippen LogP contribution in [0, 0.1) is 0 Å². The van der Waals surface area contributed by atoms with Crippen LogP contribution in [0.25, 0.3) is 11.0 Å². The van der Waals surface area contributed by atoms with E-state index in [1.165, 1.54) is 50.5 Å². The first-order valence-electron chi connectivity index (χ1n) is 8.35. The number of rotatable bonds is 5. The van der Waals surface area contributed by atoms with Gasteiger partial charge in [-0.1, -0.05) is 18.2 Å². The summed E-state index contributed by atoms with van der Waals surface area (Å²) in [6, 6.07) is 11.4. The number of aromatic nitrogens is 2. The molecule has 3 aromatic rings. The lowest BCUT2D eigenvalue weighted by molar-refractivity contribution is -0.147. The van der Waals surface area contributed by atoms with Gasteiger partial charge < -0.3 is 9.88 Å². The average molecular weight is 426 g/mol. The first kappa shape index (κ1) is 20.8. The lowest BCUT2D eigenvalue weighted by atomic mass is 10.3. The molecule has 0 saturated carbocycles. The third-order valence-electron chi connectivity index (χ3n) is 4.11. The maximum atomic E-state index is 13.3. The van der Waals surface area contributed by atoms with Gasteiger partial charge in [0.1, 0.15) is 6.54 Å². The van der Waals surface area contributed by atoms with E-state index < -0.39 is 34.5 Å². The van der Waals surface area contributed by atoms with E-state index in [9.17, 15) is 26.4 Å². The zero-order valence-electron chi connectivity index (χ0n) is 15.4. The van der Waals surface area contributed by atoms with E-state index in [0.717, 1.165) is 8.87 Å². The first-order valence-corrected chi connectivity index (χ1v) is 9.79. The number of para-hydroxylation sites is 2. The summed E-state index contributed by atoms with van der Waals surface area (Å²) in [5, 5.41) is 2.44. The van der Waals surface area contributed by atoms with Crippen LogP contribution in [-0.2, 0) is 27.5 Å². The number of imidazole rings is 1. The van der Waals surface area contributed by atoms with Gasteiger partial charge in [-0.2, -0.15) is 13.2 Å². The Balaban J connectivity index is 1.89. The van der Waals surface area contributed by atoms with Crippen molar-refractivity contribution >= 4 is 32.7 Å². The molecular formula is C18H17F3N4O3S. The van der Waals surface area contributed by atoms with Crippen molar-refractivity contribution in [2.45, 2.75) is 17.6 Å². The quantitative estimate of drug-likeness (QED) is 0.680. The number of hydrogen-bond acceptors (Lipinski definition) is 4. The van der Waals surface area contributed by atoms with Crippen LogP contribution in [0.15, 0.2) is 53.4 Å². The van der Waals surface area contributed by atoms with Gasteiger partial charge in [-0.15, -0.1) is 0 Å². The summed E-state index contributed by atoms with van der Waals surface area (Å²) >= 11 is 0. The summed E-state index contributed by atoms with van der Waals surface area (Å²) in [4.78, 5) is 15.9. The van der Waals surface area contributed by atoms with Gasteiger partial charge in [-0.3, -0.25) is 4.79 Å². The molecule has 1 amide bonds. The number of carbonyl (C=O) groups excluding carboxylic acids is 1. The van der Waals surface area contributed by atoms with E-state index in [1.807, 2.05) is 0 Å². The van der Waals surface area contributed by atoms with E-state index in [4.69, 9.17) is 0 Å². The van der Waals surface area contributed by atoms with Crippen LogP contribution in [0.5, 0.6) is 0 Å². The zero-order chi connectivity index (χ0) is 21.4. The number of nitrogens with one attached hydrogen (secondary N) is 1. The molecule has 3 rings (SSSR count). The minimum atomic E-state index is -4.74. The predicted molar refractivity (Wildman–Crippen MR) is 101 cm³/mol. The van der Waals surface area contributed by atoms with Crippen LogP contribution in [0.1, 0.15) is 5.82 Å². The number of amides is 1. The minimum absolute atomic E-state index is 0.0515. The number of anilines is 1. The second-order valence-electron chi connectivity index (χ2n) is 6.37. The first-order chi connectivity index (χ1) is 13.5. The number of hydrogen-bond donors (Lipinski definition) is 1. The SMILES string of the molecule is CN(C)S(=O)(=O)c1cccc(NC(=O)Cn2c(C(F)(F)F)nc3ccccc32)c1. The van der Waals surface area contributed by atoms with E-state index in [1.54, 1.807) is 12.1 Å². The molecule has 1 N–H and O–H groups in total. The van der Waals surface area contributed by atoms with E-state index >= 15 is 0 Å². The molecule has 11 heteroatoms. The average Bonchev–Trinajstić information content (AvgIpc) is 3.01. The second kappa shape index (κ2) is 7.48. The van der Waals surface area contributed by atoms with Crippen molar-refractivity contribution in [2.75, 3.05) is 19.4 Å². The Bertz CT molecular complexity index is 1170. The number of nitrogens with zero attached hydrogens (tertiary/aromatic N) is 3. The Morgan fingerprint density at radius 2 is 1.83 bits per heavy atom.